The molecular weight excluding hydrogens is 365 g/mol. The fourth-order valence-electron chi connectivity index (χ4n) is 1.28. The van der Waals surface area contributed by atoms with Crippen molar-refractivity contribution in [3.63, 3.8) is 0 Å². The van der Waals surface area contributed by atoms with Gasteiger partial charge < -0.3 is 19.4 Å². The number of carbonyl (C=O) groups excluding carboxylic acids is 3. The van der Waals surface area contributed by atoms with E-state index in [0.717, 1.165) is 24.4 Å². The summed E-state index contributed by atoms with van der Waals surface area (Å²) >= 11 is 6.23. The van der Waals surface area contributed by atoms with Crippen LogP contribution in [0.15, 0.2) is 30.0 Å². The van der Waals surface area contributed by atoms with E-state index in [1.165, 1.54) is 6.92 Å². The summed E-state index contributed by atoms with van der Waals surface area (Å²) < 4.78 is 27.3. The highest BCUT2D eigenvalue weighted by molar-refractivity contribution is 7.95. The van der Waals surface area contributed by atoms with E-state index in [9.17, 15) is 18.8 Å². The summed E-state index contributed by atoms with van der Waals surface area (Å²) in [5.41, 5.74) is 4.66. The van der Waals surface area contributed by atoms with Gasteiger partial charge in [0.2, 0.25) is 0 Å². The standard InChI is InChI=1S/C14H13ClFNO6S/c1-8(18)21-4-5-24-23-14(20)10(7-17)13(19)22-9-2-3-12(16)11(15)6-9/h2-3,6-7H,4-5,17H2,1H3. The highest BCUT2D eigenvalue weighted by atomic mass is 35.5. The Hall–Kier alpha value is -2.26. The number of benzene rings is 1. The van der Waals surface area contributed by atoms with Gasteiger partial charge in [0.05, 0.1) is 22.8 Å². The minimum atomic E-state index is -1.09. The van der Waals surface area contributed by atoms with Crippen LogP contribution < -0.4 is 10.5 Å². The molecule has 0 saturated carbocycles. The van der Waals surface area contributed by atoms with Crippen LogP contribution in [-0.2, 0) is 23.3 Å². The topological polar surface area (TPSA) is 105 Å². The van der Waals surface area contributed by atoms with Crippen LogP contribution >= 0.6 is 23.6 Å². The molecule has 0 spiro atoms. The quantitative estimate of drug-likeness (QED) is 0.146. The molecule has 0 bridgehead atoms. The van der Waals surface area contributed by atoms with E-state index in [0.29, 0.717) is 12.0 Å². The van der Waals surface area contributed by atoms with Gasteiger partial charge in [0.15, 0.2) is 5.57 Å². The van der Waals surface area contributed by atoms with Crippen molar-refractivity contribution in [1.29, 1.82) is 0 Å². The number of hydrogen-bond donors (Lipinski definition) is 1. The Bertz CT molecular complexity index is 667. The first-order valence-corrected chi connectivity index (χ1v) is 7.70. The fourth-order valence-corrected chi connectivity index (χ4v) is 1.88. The summed E-state index contributed by atoms with van der Waals surface area (Å²) in [5.74, 6) is -3.18. The lowest BCUT2D eigenvalue weighted by Gasteiger charge is -2.07. The summed E-state index contributed by atoms with van der Waals surface area (Å²) in [5, 5.41) is -0.248. The molecule has 0 aliphatic rings. The SMILES string of the molecule is CC(=O)OCCSOC(=O)C(=CN)C(=O)Oc1ccc(F)c(Cl)c1. The number of ether oxygens (including phenoxy) is 2. The minimum Gasteiger partial charge on any atom is -0.465 e. The highest BCUT2D eigenvalue weighted by Crippen LogP contribution is 2.22. The number of nitrogens with two attached hydrogens (primary N) is 1. The molecule has 0 heterocycles. The van der Waals surface area contributed by atoms with Gasteiger partial charge in [-0.1, -0.05) is 11.6 Å². The normalized spacial score (nSPS) is 10.9. The molecule has 0 atom stereocenters. The lowest BCUT2D eigenvalue weighted by Crippen LogP contribution is -2.20. The number of esters is 2. The van der Waals surface area contributed by atoms with Gasteiger partial charge >= 0.3 is 17.9 Å². The van der Waals surface area contributed by atoms with Crippen LogP contribution in [0.2, 0.25) is 5.02 Å². The lowest BCUT2D eigenvalue weighted by molar-refractivity contribution is -0.140. The molecule has 1 aromatic rings. The molecule has 10 heteroatoms. The third-order valence-electron chi connectivity index (χ3n) is 2.31. The van der Waals surface area contributed by atoms with Gasteiger partial charge in [0, 0.05) is 19.2 Å². The van der Waals surface area contributed by atoms with Gasteiger partial charge in [0.25, 0.3) is 0 Å². The Balaban J connectivity index is 2.55. The maximum Gasteiger partial charge on any atom is 0.359 e. The van der Waals surface area contributed by atoms with Crippen molar-refractivity contribution in [1.82, 2.24) is 0 Å². The predicted molar refractivity (Wildman–Crippen MR) is 84.5 cm³/mol. The van der Waals surface area contributed by atoms with E-state index in [1.807, 2.05) is 0 Å². The van der Waals surface area contributed by atoms with Gasteiger partial charge in [0.1, 0.15) is 18.2 Å². The smallest absolute Gasteiger partial charge is 0.359 e. The largest absolute Gasteiger partial charge is 0.465 e. The van der Waals surface area contributed by atoms with Crippen LogP contribution in [0.3, 0.4) is 0 Å². The minimum absolute atomic E-state index is 0.0352. The van der Waals surface area contributed by atoms with E-state index in [-0.39, 0.29) is 23.1 Å². The van der Waals surface area contributed by atoms with Gasteiger partial charge in [-0.25, -0.2) is 14.0 Å². The summed E-state index contributed by atoms with van der Waals surface area (Å²) in [7, 11) is 0. The van der Waals surface area contributed by atoms with Crippen LogP contribution in [0.25, 0.3) is 0 Å². The van der Waals surface area contributed by atoms with Crippen molar-refractivity contribution in [2.24, 2.45) is 5.73 Å². The van der Waals surface area contributed by atoms with Crippen LogP contribution in [0.1, 0.15) is 6.92 Å². The second-order valence-corrected chi connectivity index (χ2v) is 5.30. The van der Waals surface area contributed by atoms with E-state index in [2.05, 4.69) is 4.74 Å². The molecule has 0 aliphatic carbocycles. The zero-order valence-corrected chi connectivity index (χ0v) is 14.0. The second-order valence-electron chi connectivity index (χ2n) is 4.08. The second kappa shape index (κ2) is 9.78. The molecule has 1 aromatic carbocycles. The third-order valence-corrected chi connectivity index (χ3v) is 3.21. The van der Waals surface area contributed by atoms with E-state index < -0.39 is 29.3 Å². The molecule has 0 radical (unpaired) electrons. The Morgan fingerprint density at radius 3 is 2.62 bits per heavy atom. The maximum atomic E-state index is 13.0. The van der Waals surface area contributed by atoms with Gasteiger partial charge in [-0.2, -0.15) is 0 Å². The Labute approximate surface area is 146 Å². The molecule has 130 valence electrons. The molecule has 0 saturated heterocycles. The zero-order chi connectivity index (χ0) is 18.1. The number of hydrogen-bond acceptors (Lipinski definition) is 8. The van der Waals surface area contributed by atoms with Gasteiger partial charge in [-0.05, 0) is 12.1 Å². The molecule has 0 fully saturated rings. The van der Waals surface area contributed by atoms with Crippen molar-refractivity contribution in [3.8, 4) is 5.75 Å². The Morgan fingerprint density at radius 2 is 2.04 bits per heavy atom. The van der Waals surface area contributed by atoms with Crippen molar-refractivity contribution in [3.05, 3.63) is 40.8 Å². The summed E-state index contributed by atoms with van der Waals surface area (Å²) in [6.45, 7) is 1.27. The number of carbonyl (C=O) groups is 3. The van der Waals surface area contributed by atoms with Gasteiger partial charge in [-0.15, -0.1) is 0 Å². The first kappa shape index (κ1) is 19.8. The molecule has 0 aliphatic heterocycles. The van der Waals surface area contributed by atoms with Crippen LogP contribution in [0, 0.1) is 5.82 Å². The van der Waals surface area contributed by atoms with E-state index in [1.54, 1.807) is 0 Å². The first-order valence-electron chi connectivity index (χ1n) is 6.41. The molecule has 0 aromatic heterocycles. The van der Waals surface area contributed by atoms with Crippen molar-refractivity contribution in [2.45, 2.75) is 6.92 Å². The highest BCUT2D eigenvalue weighted by Gasteiger charge is 2.22. The average molecular weight is 378 g/mol. The Morgan fingerprint density at radius 1 is 1.33 bits per heavy atom. The Kier molecular flexibility index (Phi) is 8.07. The van der Waals surface area contributed by atoms with Gasteiger partial charge in [-0.3, -0.25) is 4.79 Å². The lowest BCUT2D eigenvalue weighted by atomic mass is 10.3. The molecule has 0 amide bonds. The van der Waals surface area contributed by atoms with Crippen LogP contribution in [0.5, 0.6) is 5.75 Å². The summed E-state index contributed by atoms with van der Waals surface area (Å²) in [6, 6.07) is 3.23. The first-order chi connectivity index (χ1) is 11.3. The predicted octanol–water partition coefficient (Wildman–Crippen LogP) is 1.98. The molecule has 2 N–H and O–H groups in total. The fraction of sp³-hybridized carbons (Fsp3) is 0.214. The van der Waals surface area contributed by atoms with E-state index in [4.69, 9.17) is 26.3 Å². The zero-order valence-electron chi connectivity index (χ0n) is 12.4. The molecule has 0 unspecified atom stereocenters. The number of halogens is 2. The van der Waals surface area contributed by atoms with E-state index >= 15 is 0 Å². The maximum absolute atomic E-state index is 13.0. The van der Waals surface area contributed by atoms with Crippen molar-refractivity contribution in [2.75, 3.05) is 12.4 Å². The molecule has 1 rings (SSSR count). The average Bonchev–Trinajstić information content (AvgIpc) is 2.51. The van der Waals surface area contributed by atoms with Crippen molar-refractivity contribution >= 4 is 41.6 Å². The van der Waals surface area contributed by atoms with Crippen LogP contribution in [0.4, 0.5) is 4.39 Å². The molecule has 24 heavy (non-hydrogen) atoms. The third kappa shape index (κ3) is 6.47. The summed E-state index contributed by atoms with van der Waals surface area (Å²) in [4.78, 5) is 34.2. The number of rotatable bonds is 7. The monoisotopic (exact) mass is 377 g/mol. The molecular formula is C14H13ClFNO6S. The van der Waals surface area contributed by atoms with Crippen molar-refractivity contribution < 1.29 is 32.4 Å². The van der Waals surface area contributed by atoms with Crippen LogP contribution in [-0.4, -0.2) is 30.3 Å². The molecule has 7 nitrogen and oxygen atoms in total. The summed E-state index contributed by atoms with van der Waals surface area (Å²) in [6.07, 6.45) is 0.725.